The van der Waals surface area contributed by atoms with E-state index in [0.29, 0.717) is 12.0 Å². The summed E-state index contributed by atoms with van der Waals surface area (Å²) < 4.78 is 6.32. The summed E-state index contributed by atoms with van der Waals surface area (Å²) in [6.45, 7) is 7.76. The molecule has 0 spiro atoms. The van der Waals surface area contributed by atoms with Gasteiger partial charge in [-0.05, 0) is 103 Å². The summed E-state index contributed by atoms with van der Waals surface area (Å²) in [5.41, 5.74) is 8.06. The molecule has 0 aliphatic heterocycles. The first-order valence-electron chi connectivity index (χ1n) is 12.1. The van der Waals surface area contributed by atoms with Crippen LogP contribution in [0.4, 0.5) is 0 Å². The first-order chi connectivity index (χ1) is 14.6. The Bertz CT molecular complexity index is 940. The fraction of sp³-hybridized carbons (Fsp3) is 0.517. The Kier molecular flexibility index (Phi) is 5.25. The first-order valence-corrected chi connectivity index (χ1v) is 12.1. The zero-order chi connectivity index (χ0) is 20.7. The molecule has 0 unspecified atom stereocenters. The van der Waals surface area contributed by atoms with Crippen molar-refractivity contribution in [2.24, 2.45) is 17.3 Å². The summed E-state index contributed by atoms with van der Waals surface area (Å²) in [5.74, 6) is 3.62. The van der Waals surface area contributed by atoms with Gasteiger partial charge >= 0.3 is 0 Å². The molecule has 0 saturated heterocycles. The molecule has 2 aromatic rings. The second-order valence-electron chi connectivity index (χ2n) is 10.0. The highest BCUT2D eigenvalue weighted by atomic mass is 16.5. The molecular formula is C29H36O. The molecule has 1 nitrogen and oxygen atoms in total. The molecule has 30 heavy (non-hydrogen) atoms. The Morgan fingerprint density at radius 1 is 1.07 bits per heavy atom. The predicted molar refractivity (Wildman–Crippen MR) is 125 cm³/mol. The van der Waals surface area contributed by atoms with Crippen LogP contribution >= 0.6 is 0 Å². The van der Waals surface area contributed by atoms with Crippen LogP contribution in [0, 0.1) is 17.3 Å². The van der Waals surface area contributed by atoms with Crippen LogP contribution in [0.1, 0.15) is 81.0 Å². The van der Waals surface area contributed by atoms with Crippen molar-refractivity contribution in [1.29, 1.82) is 0 Å². The zero-order valence-corrected chi connectivity index (χ0v) is 18.9. The average molecular weight is 401 g/mol. The Labute approximate surface area is 182 Å². The van der Waals surface area contributed by atoms with E-state index < -0.39 is 0 Å². The molecule has 2 aromatic carbocycles. The predicted octanol–water partition coefficient (Wildman–Crippen LogP) is 7.63. The number of benzene rings is 2. The Morgan fingerprint density at radius 3 is 2.67 bits per heavy atom. The third-order valence-corrected chi connectivity index (χ3v) is 8.72. The molecule has 158 valence electrons. The lowest BCUT2D eigenvalue weighted by Gasteiger charge is -2.49. The summed E-state index contributed by atoms with van der Waals surface area (Å²) in [6.07, 6.45) is 11.5. The molecule has 0 bridgehead atoms. The average Bonchev–Trinajstić information content (AvgIpc) is 3.13. The number of allylic oxidation sites excluding steroid dienone is 2. The molecular weight excluding hydrogens is 364 g/mol. The molecule has 3 aliphatic carbocycles. The van der Waals surface area contributed by atoms with Crippen LogP contribution in [0.15, 0.2) is 54.1 Å². The summed E-state index contributed by atoms with van der Waals surface area (Å²) in [4.78, 5) is 0. The van der Waals surface area contributed by atoms with E-state index in [1.165, 1.54) is 49.7 Å². The second kappa shape index (κ2) is 7.91. The Hall–Kier alpha value is -2.02. The Balaban J connectivity index is 1.42. The van der Waals surface area contributed by atoms with Gasteiger partial charge < -0.3 is 4.74 Å². The van der Waals surface area contributed by atoms with Gasteiger partial charge in [-0.1, -0.05) is 61.9 Å². The quantitative estimate of drug-likeness (QED) is 0.479. The number of ether oxygens (including phenoxy) is 1. The van der Waals surface area contributed by atoms with Crippen molar-refractivity contribution < 1.29 is 4.74 Å². The lowest BCUT2D eigenvalue weighted by atomic mass is 9.55. The first kappa shape index (κ1) is 19.9. The van der Waals surface area contributed by atoms with Gasteiger partial charge in [0.05, 0.1) is 0 Å². The third-order valence-electron chi connectivity index (χ3n) is 8.72. The molecule has 2 fully saturated rings. The maximum Gasteiger partial charge on any atom is 0.123 e. The maximum absolute atomic E-state index is 6.32. The van der Waals surface area contributed by atoms with Crippen LogP contribution < -0.4 is 4.74 Å². The summed E-state index contributed by atoms with van der Waals surface area (Å²) in [5, 5.41) is 0. The minimum Gasteiger partial charge on any atom is -0.489 e. The van der Waals surface area contributed by atoms with E-state index >= 15 is 0 Å². The molecule has 0 N–H and O–H groups in total. The minimum atomic E-state index is 0.472. The smallest absolute Gasteiger partial charge is 0.123 e. The lowest BCUT2D eigenvalue weighted by molar-refractivity contribution is 0.0812. The van der Waals surface area contributed by atoms with Gasteiger partial charge in [0.25, 0.3) is 0 Å². The number of fused-ring (bicyclic) bond motifs is 5. The van der Waals surface area contributed by atoms with Gasteiger partial charge in [-0.3, -0.25) is 0 Å². The molecule has 4 atom stereocenters. The van der Waals surface area contributed by atoms with E-state index in [9.17, 15) is 0 Å². The van der Waals surface area contributed by atoms with E-state index in [1.807, 2.05) is 0 Å². The highest BCUT2D eigenvalue weighted by molar-refractivity contribution is 5.47. The molecule has 1 heteroatoms. The second-order valence-corrected chi connectivity index (χ2v) is 10.0. The number of aryl methyl sites for hydroxylation is 2. The lowest BCUT2D eigenvalue weighted by Crippen LogP contribution is -2.40. The van der Waals surface area contributed by atoms with Gasteiger partial charge in [0, 0.05) is 0 Å². The Morgan fingerprint density at radius 2 is 1.90 bits per heavy atom. The van der Waals surface area contributed by atoms with Crippen LogP contribution in [0.3, 0.4) is 0 Å². The number of hydrogen-bond acceptors (Lipinski definition) is 1. The van der Waals surface area contributed by atoms with Crippen molar-refractivity contribution in [3.05, 3.63) is 76.4 Å². The summed E-state index contributed by atoms with van der Waals surface area (Å²) >= 11 is 0. The molecule has 5 rings (SSSR count). The molecule has 0 aromatic heterocycles. The van der Waals surface area contributed by atoms with E-state index in [-0.39, 0.29) is 0 Å². The van der Waals surface area contributed by atoms with Crippen molar-refractivity contribution in [3.8, 4) is 5.75 Å². The van der Waals surface area contributed by atoms with Crippen molar-refractivity contribution in [2.45, 2.75) is 78.2 Å². The van der Waals surface area contributed by atoms with Crippen molar-refractivity contribution in [1.82, 2.24) is 0 Å². The van der Waals surface area contributed by atoms with Crippen LogP contribution in [-0.2, 0) is 19.4 Å². The number of rotatable bonds is 4. The van der Waals surface area contributed by atoms with Gasteiger partial charge in [0.15, 0.2) is 0 Å². The highest BCUT2D eigenvalue weighted by Crippen LogP contribution is 2.62. The van der Waals surface area contributed by atoms with Crippen LogP contribution in [-0.4, -0.2) is 0 Å². The van der Waals surface area contributed by atoms with Crippen LogP contribution in [0.25, 0.3) is 0 Å². The van der Waals surface area contributed by atoms with Gasteiger partial charge in [-0.15, -0.1) is 0 Å². The van der Waals surface area contributed by atoms with Crippen molar-refractivity contribution in [3.63, 3.8) is 0 Å². The highest BCUT2D eigenvalue weighted by Gasteiger charge is 2.52. The van der Waals surface area contributed by atoms with E-state index in [1.54, 1.807) is 16.7 Å². The minimum absolute atomic E-state index is 0.472. The van der Waals surface area contributed by atoms with Crippen molar-refractivity contribution >= 4 is 0 Å². The van der Waals surface area contributed by atoms with Crippen LogP contribution in [0.2, 0.25) is 0 Å². The fourth-order valence-electron chi connectivity index (χ4n) is 7.11. The molecule has 0 heterocycles. The summed E-state index contributed by atoms with van der Waals surface area (Å²) in [6, 6.07) is 15.5. The standard InChI is InChI=1S/C29H36O/c1-4-21-17-26-22(18-28(21)30-19-20-9-7-6-8-10-20)11-13-25-24(26)15-16-29(3)23(5-2)12-14-27(25)29/h5-10,17-18,24-25,27H,4,11-16,19H2,1-3H3/b23-5+/t24-,25+,27-,29+/m0/s1. The zero-order valence-electron chi connectivity index (χ0n) is 18.9. The molecule has 3 aliphatic rings. The van der Waals surface area contributed by atoms with E-state index in [0.717, 1.165) is 29.9 Å². The van der Waals surface area contributed by atoms with Gasteiger partial charge in [-0.2, -0.15) is 0 Å². The van der Waals surface area contributed by atoms with E-state index in [4.69, 9.17) is 4.74 Å². The normalized spacial score (nSPS) is 31.2. The van der Waals surface area contributed by atoms with Crippen LogP contribution in [0.5, 0.6) is 5.75 Å². The molecule has 0 radical (unpaired) electrons. The fourth-order valence-corrected chi connectivity index (χ4v) is 7.11. The molecule has 2 saturated carbocycles. The van der Waals surface area contributed by atoms with Gasteiger partial charge in [0.2, 0.25) is 0 Å². The summed E-state index contributed by atoms with van der Waals surface area (Å²) in [7, 11) is 0. The van der Waals surface area contributed by atoms with E-state index in [2.05, 4.69) is 69.3 Å². The monoisotopic (exact) mass is 400 g/mol. The maximum atomic E-state index is 6.32. The number of hydrogen-bond donors (Lipinski definition) is 0. The third kappa shape index (κ3) is 3.22. The molecule has 0 amide bonds. The topological polar surface area (TPSA) is 9.23 Å². The van der Waals surface area contributed by atoms with Crippen molar-refractivity contribution in [2.75, 3.05) is 0 Å². The van der Waals surface area contributed by atoms with Gasteiger partial charge in [0.1, 0.15) is 12.4 Å². The SMILES string of the molecule is C/C=C1\CC[C@H]2[C@@H]3CCc4cc(OCc5ccccc5)c(CC)cc4[C@H]3CC[C@]12C. The van der Waals surface area contributed by atoms with Gasteiger partial charge in [-0.25, -0.2) is 0 Å². The largest absolute Gasteiger partial charge is 0.489 e.